The number of amides is 2. The Morgan fingerprint density at radius 2 is 1.77 bits per heavy atom. The molecule has 5 atom stereocenters. The third-order valence-corrected chi connectivity index (χ3v) is 13.5. The highest BCUT2D eigenvalue weighted by Crippen LogP contribution is 2.42. The van der Waals surface area contributed by atoms with Gasteiger partial charge in [-0.25, -0.2) is 27.8 Å². The molecule has 2 aromatic carbocycles. The molecular formula is C44H43F3N12O3. The fourth-order valence-electron chi connectivity index (χ4n) is 10.3. The van der Waals surface area contributed by atoms with Crippen molar-refractivity contribution < 1.29 is 27.5 Å². The van der Waals surface area contributed by atoms with E-state index in [9.17, 15) is 9.18 Å². The normalized spacial score (nSPS) is 24.9. The Hall–Kier alpha value is -6.30. The lowest BCUT2D eigenvalue weighted by Crippen LogP contribution is -2.72. The van der Waals surface area contributed by atoms with Crippen molar-refractivity contribution in [2.24, 2.45) is 5.92 Å². The number of benzene rings is 2. The molecule has 13 rings (SSSR count). The van der Waals surface area contributed by atoms with E-state index in [2.05, 4.69) is 10.4 Å². The number of fused-ring (bicyclic) bond motifs is 10. The van der Waals surface area contributed by atoms with Crippen molar-refractivity contribution in [1.29, 1.82) is 0 Å². The Bertz CT molecular complexity index is 2830. The standard InChI is InChI=1S/C44H43F3N12O3/c1-23-49-34-14-26(46)12-30-33-4-2-5-38(51-33)50-27-15-36(42(60)54-10-3-11-62-29(21-54)22-56(23)39(30)34)57(19-27)40-31-17-48-59(35-9-8-25(45)13-32(35)47)41(31)53-44(52-40)58-28-16-37(58)43(61)55(20-28)18-24-6-7-24/h2,4-5,8-9,12-14,17,24,27-29,36-37H,3,6-7,10-11,15-16,18-22H2,1H3,(H,50,51)/t27-,28+,29+,36-,37-/m0/s1. The molecule has 5 saturated heterocycles. The van der Waals surface area contributed by atoms with Crippen LogP contribution in [0.5, 0.6) is 0 Å². The first kappa shape index (κ1) is 37.5. The van der Waals surface area contributed by atoms with Gasteiger partial charge in [-0.1, -0.05) is 6.07 Å². The van der Waals surface area contributed by atoms with E-state index in [1.165, 1.54) is 28.9 Å². The van der Waals surface area contributed by atoms with Gasteiger partial charge in [0.05, 0.1) is 47.0 Å². The molecule has 4 aromatic heterocycles. The summed E-state index contributed by atoms with van der Waals surface area (Å²) in [5.74, 6) is 0.455. The molecule has 1 aliphatic carbocycles. The van der Waals surface area contributed by atoms with Crippen LogP contribution in [0.15, 0.2) is 54.7 Å². The number of nitrogens with zero attached hydrogens (tertiary/aromatic N) is 11. The fourth-order valence-corrected chi connectivity index (χ4v) is 10.3. The number of hydrogen-bond donors (Lipinski definition) is 1. The molecule has 2 amide bonds. The molecule has 7 aliphatic rings. The van der Waals surface area contributed by atoms with Crippen LogP contribution in [-0.4, -0.2) is 125 Å². The lowest BCUT2D eigenvalue weighted by atomic mass is 9.87. The molecule has 6 fully saturated rings. The van der Waals surface area contributed by atoms with Crippen molar-refractivity contribution >= 4 is 51.5 Å². The van der Waals surface area contributed by atoms with Crippen LogP contribution in [0.4, 0.5) is 30.8 Å². The van der Waals surface area contributed by atoms with Crippen molar-refractivity contribution in [2.45, 2.75) is 75.8 Å². The smallest absolute Gasteiger partial charge is 0.245 e. The zero-order valence-corrected chi connectivity index (χ0v) is 33.9. The van der Waals surface area contributed by atoms with Gasteiger partial charge < -0.3 is 34.2 Å². The Balaban J connectivity index is 0.984. The summed E-state index contributed by atoms with van der Waals surface area (Å²) >= 11 is 0. The van der Waals surface area contributed by atoms with Gasteiger partial charge in [0.2, 0.25) is 17.8 Å². The molecule has 0 spiro atoms. The number of rotatable bonds is 5. The Kier molecular flexibility index (Phi) is 8.53. The zero-order valence-electron chi connectivity index (χ0n) is 33.9. The molecule has 1 N–H and O–H groups in total. The van der Waals surface area contributed by atoms with Gasteiger partial charge in [-0.2, -0.15) is 15.1 Å². The summed E-state index contributed by atoms with van der Waals surface area (Å²) in [5, 5.41) is 8.63. The summed E-state index contributed by atoms with van der Waals surface area (Å²) in [5.41, 5.74) is 2.68. The molecule has 0 radical (unpaired) electrons. The number of aromatic nitrogens is 7. The number of piperidine rings is 1. The second-order valence-corrected chi connectivity index (χ2v) is 17.6. The van der Waals surface area contributed by atoms with Crippen molar-refractivity contribution in [1.82, 2.24) is 44.1 Å². The largest absolute Gasteiger partial charge is 0.374 e. The van der Waals surface area contributed by atoms with E-state index in [4.69, 9.17) is 24.7 Å². The Morgan fingerprint density at radius 1 is 0.887 bits per heavy atom. The van der Waals surface area contributed by atoms with E-state index < -0.39 is 35.6 Å². The van der Waals surface area contributed by atoms with Gasteiger partial charge in [-0.15, -0.1) is 0 Å². The minimum Gasteiger partial charge on any atom is -0.374 e. The van der Waals surface area contributed by atoms with Crippen LogP contribution in [0.25, 0.3) is 39.0 Å². The maximum atomic E-state index is 15.5. The third-order valence-electron chi connectivity index (χ3n) is 13.5. The molecular weight excluding hydrogens is 802 g/mol. The van der Waals surface area contributed by atoms with Gasteiger partial charge in [0.1, 0.15) is 46.9 Å². The molecule has 1 saturated carbocycles. The number of aryl methyl sites for hydroxylation is 1. The Labute approximate surface area is 353 Å². The first-order valence-corrected chi connectivity index (χ1v) is 21.5. The van der Waals surface area contributed by atoms with Crippen LogP contribution >= 0.6 is 0 Å². The fraction of sp³-hybridized carbons (Fsp3) is 0.432. The highest BCUT2D eigenvalue weighted by atomic mass is 19.1. The van der Waals surface area contributed by atoms with E-state index in [-0.39, 0.29) is 41.2 Å². The van der Waals surface area contributed by atoms with Crippen LogP contribution in [0, 0.1) is 30.3 Å². The first-order chi connectivity index (χ1) is 30.1. The summed E-state index contributed by atoms with van der Waals surface area (Å²) in [7, 11) is 0. The molecule has 18 heteroatoms. The average molecular weight is 845 g/mol. The molecule has 0 unspecified atom stereocenters. The first-order valence-electron chi connectivity index (χ1n) is 21.5. The summed E-state index contributed by atoms with van der Waals surface area (Å²) < 4.78 is 54.7. The number of nitrogens with one attached hydrogen (secondary N) is 1. The molecule has 6 aromatic rings. The van der Waals surface area contributed by atoms with Crippen LogP contribution in [0.2, 0.25) is 0 Å². The summed E-state index contributed by atoms with van der Waals surface area (Å²) in [6.45, 7) is 5.12. The van der Waals surface area contributed by atoms with E-state index in [0.29, 0.717) is 104 Å². The third kappa shape index (κ3) is 6.15. The maximum Gasteiger partial charge on any atom is 0.245 e. The molecule has 6 aliphatic heterocycles. The average Bonchev–Trinajstić information content (AvgIpc) is 3.78. The van der Waals surface area contributed by atoms with Gasteiger partial charge in [-0.3, -0.25) is 9.59 Å². The van der Waals surface area contributed by atoms with Crippen molar-refractivity contribution in [2.75, 3.05) is 54.4 Å². The summed E-state index contributed by atoms with van der Waals surface area (Å²) in [4.78, 5) is 56.7. The van der Waals surface area contributed by atoms with Crippen LogP contribution in [0.1, 0.15) is 37.9 Å². The number of hydrogen-bond acceptors (Lipinski definition) is 11. The highest BCUT2D eigenvalue weighted by molar-refractivity contribution is 5.95. The number of pyridine rings is 1. The van der Waals surface area contributed by atoms with Gasteiger partial charge in [-0.05, 0) is 75.3 Å². The number of ether oxygens (including phenoxy) is 1. The summed E-state index contributed by atoms with van der Waals surface area (Å²) in [6.07, 6.45) is 5.11. The molecule has 318 valence electrons. The van der Waals surface area contributed by atoms with Crippen molar-refractivity contribution in [3.63, 3.8) is 0 Å². The molecule has 10 heterocycles. The van der Waals surface area contributed by atoms with Crippen molar-refractivity contribution in [3.05, 3.63) is 78.0 Å². The number of anilines is 3. The summed E-state index contributed by atoms with van der Waals surface area (Å²) in [6, 6.07) is 10.3. The minimum absolute atomic E-state index is 0.00376. The van der Waals surface area contributed by atoms with Gasteiger partial charge >= 0.3 is 0 Å². The monoisotopic (exact) mass is 844 g/mol. The van der Waals surface area contributed by atoms with E-state index >= 15 is 13.6 Å². The number of piperazine rings is 1. The highest BCUT2D eigenvalue weighted by Gasteiger charge is 2.53. The van der Waals surface area contributed by atoms with E-state index in [0.717, 1.165) is 31.0 Å². The van der Waals surface area contributed by atoms with Crippen LogP contribution < -0.4 is 15.1 Å². The van der Waals surface area contributed by atoms with E-state index in [1.54, 1.807) is 6.20 Å². The molecule has 15 nitrogen and oxygen atoms in total. The minimum atomic E-state index is -0.820. The lowest BCUT2D eigenvalue weighted by Gasteiger charge is -2.55. The van der Waals surface area contributed by atoms with Gasteiger partial charge in [0, 0.05) is 63.1 Å². The second-order valence-electron chi connectivity index (χ2n) is 17.6. The molecule has 8 bridgehead atoms. The van der Waals surface area contributed by atoms with Crippen LogP contribution in [0.3, 0.4) is 0 Å². The lowest BCUT2D eigenvalue weighted by molar-refractivity contribution is -0.140. The predicted molar refractivity (Wildman–Crippen MR) is 222 cm³/mol. The van der Waals surface area contributed by atoms with Gasteiger partial charge in [0.25, 0.3) is 0 Å². The molecule has 62 heavy (non-hydrogen) atoms. The number of carbonyl (C=O) groups excluding carboxylic acids is 2. The topological polar surface area (TPSA) is 143 Å². The zero-order chi connectivity index (χ0) is 42.0. The van der Waals surface area contributed by atoms with Gasteiger partial charge in [0.15, 0.2) is 11.5 Å². The number of halogens is 3. The van der Waals surface area contributed by atoms with E-state index in [1.807, 2.05) is 49.3 Å². The van der Waals surface area contributed by atoms with Crippen molar-refractivity contribution in [3.8, 4) is 16.9 Å². The maximum absolute atomic E-state index is 15.5. The number of imidazole rings is 1. The predicted octanol–water partition coefficient (Wildman–Crippen LogP) is 4.84. The quantitative estimate of drug-likeness (QED) is 0.255. The SMILES string of the molecule is Cc1nc2cc(F)cc3c2n1C[C@H]1CN(CCCO1)C(=O)[C@@H]1C[C@@H](CN1c1nc(N2[C@@H]4C[C@H]2C(=O)N(CC2CC2)C4)nc2c1cnn2-c1ccc(F)cc1F)Nc1cccc-3n1. The second kappa shape index (κ2) is 14.1. The number of carbonyl (C=O) groups is 2. The Morgan fingerprint density at radius 3 is 2.61 bits per heavy atom. The van der Waals surface area contributed by atoms with Crippen LogP contribution in [-0.2, 0) is 20.9 Å².